The smallest absolute Gasteiger partial charge is 0.232 e. The largest absolute Gasteiger partial charge is 0.354 e. The second-order valence-electron chi connectivity index (χ2n) is 4.33. The van der Waals surface area contributed by atoms with Gasteiger partial charge in [0.15, 0.2) is 0 Å². The highest BCUT2D eigenvalue weighted by molar-refractivity contribution is 7.92. The van der Waals surface area contributed by atoms with Crippen molar-refractivity contribution in [3.63, 3.8) is 0 Å². The van der Waals surface area contributed by atoms with Crippen LogP contribution in [-0.4, -0.2) is 33.7 Å². The molecule has 0 aromatic heterocycles. The Hall–Kier alpha value is -1.56. The van der Waals surface area contributed by atoms with Crippen LogP contribution in [0.5, 0.6) is 0 Å². The number of rotatable bonds is 6. The summed E-state index contributed by atoms with van der Waals surface area (Å²) < 4.78 is 25.0. The number of carbonyl (C=O) groups is 1. The van der Waals surface area contributed by atoms with Crippen molar-refractivity contribution in [2.24, 2.45) is 0 Å². The van der Waals surface area contributed by atoms with Crippen molar-refractivity contribution in [1.82, 2.24) is 5.32 Å². The molecule has 0 saturated heterocycles. The summed E-state index contributed by atoms with van der Waals surface area (Å²) in [7, 11) is -3.36. The maximum atomic E-state index is 11.8. The van der Waals surface area contributed by atoms with Crippen molar-refractivity contribution in [2.75, 3.05) is 23.7 Å². The van der Waals surface area contributed by atoms with Gasteiger partial charge < -0.3 is 5.32 Å². The number of aryl methyl sites for hydroxylation is 1. The molecule has 0 atom stereocenters. The molecule has 0 spiro atoms. The zero-order valence-electron chi connectivity index (χ0n) is 11.5. The Kier molecular flexibility index (Phi) is 5.35. The summed E-state index contributed by atoms with van der Waals surface area (Å²) in [6.45, 7) is 4.15. The lowest BCUT2D eigenvalue weighted by Crippen LogP contribution is -2.38. The van der Waals surface area contributed by atoms with E-state index in [1.807, 2.05) is 19.1 Å². The summed E-state index contributed by atoms with van der Waals surface area (Å²) in [5.41, 5.74) is 1.53. The van der Waals surface area contributed by atoms with Crippen molar-refractivity contribution in [3.8, 4) is 0 Å². The van der Waals surface area contributed by atoms with Crippen LogP contribution in [-0.2, 0) is 14.8 Å². The van der Waals surface area contributed by atoms with Gasteiger partial charge in [-0.25, -0.2) is 8.42 Å². The monoisotopic (exact) mass is 284 g/mol. The summed E-state index contributed by atoms with van der Waals surface area (Å²) >= 11 is 0. The van der Waals surface area contributed by atoms with E-state index in [-0.39, 0.29) is 12.5 Å². The number of sulfonamides is 1. The maximum Gasteiger partial charge on any atom is 0.232 e. The third-order valence-corrected chi connectivity index (χ3v) is 3.92. The molecule has 0 unspecified atom stereocenters. The van der Waals surface area contributed by atoms with Crippen LogP contribution in [0.3, 0.4) is 0 Å². The predicted molar refractivity (Wildman–Crippen MR) is 76.7 cm³/mol. The minimum Gasteiger partial charge on any atom is -0.354 e. The molecule has 1 N–H and O–H groups in total. The van der Waals surface area contributed by atoms with Gasteiger partial charge in [-0.2, -0.15) is 0 Å². The number of hydrogen-bond acceptors (Lipinski definition) is 3. The summed E-state index contributed by atoms with van der Waals surface area (Å²) in [4.78, 5) is 11.2. The fourth-order valence-electron chi connectivity index (χ4n) is 1.73. The number of benzene rings is 1. The molecule has 0 bridgehead atoms. The Morgan fingerprint density at radius 3 is 2.47 bits per heavy atom. The van der Waals surface area contributed by atoms with E-state index in [4.69, 9.17) is 0 Å². The van der Waals surface area contributed by atoms with Crippen molar-refractivity contribution in [1.29, 1.82) is 0 Å². The lowest BCUT2D eigenvalue weighted by molar-refractivity contribution is -0.120. The van der Waals surface area contributed by atoms with E-state index in [0.717, 1.165) is 5.56 Å². The minimum absolute atomic E-state index is 0.0850. The number of amides is 1. The molecule has 6 heteroatoms. The van der Waals surface area contributed by atoms with E-state index in [0.29, 0.717) is 18.7 Å². The van der Waals surface area contributed by atoms with E-state index in [1.165, 1.54) is 10.6 Å². The Balaban J connectivity index is 2.86. The number of nitrogens with zero attached hydrogens (tertiary/aromatic N) is 1. The summed E-state index contributed by atoms with van der Waals surface area (Å²) in [6, 6.07) is 7.28. The highest BCUT2D eigenvalue weighted by Gasteiger charge is 2.18. The highest BCUT2D eigenvalue weighted by atomic mass is 32.2. The van der Waals surface area contributed by atoms with Crippen LogP contribution in [0, 0.1) is 6.92 Å². The van der Waals surface area contributed by atoms with E-state index in [2.05, 4.69) is 5.32 Å². The maximum absolute atomic E-state index is 11.8. The summed E-state index contributed by atoms with van der Waals surface area (Å²) in [5.74, 6) is -0.0850. The van der Waals surface area contributed by atoms with Gasteiger partial charge in [-0.05, 0) is 18.6 Å². The third-order valence-electron chi connectivity index (χ3n) is 2.74. The van der Waals surface area contributed by atoms with Gasteiger partial charge >= 0.3 is 0 Å². The van der Waals surface area contributed by atoms with Crippen molar-refractivity contribution in [3.05, 3.63) is 29.8 Å². The minimum atomic E-state index is -3.36. The summed E-state index contributed by atoms with van der Waals surface area (Å²) in [5, 5.41) is 2.68. The molecule has 0 aliphatic heterocycles. The predicted octanol–water partition coefficient (Wildman–Crippen LogP) is 1.29. The van der Waals surface area contributed by atoms with Gasteiger partial charge in [-0.1, -0.05) is 25.1 Å². The SMILES string of the molecule is CCC(=O)NCCN(c1ccccc1C)S(C)(=O)=O. The van der Waals surface area contributed by atoms with Gasteiger partial charge in [-0.3, -0.25) is 9.10 Å². The molecular formula is C13H20N2O3S. The first-order chi connectivity index (χ1) is 8.86. The van der Waals surface area contributed by atoms with E-state index in [9.17, 15) is 13.2 Å². The molecule has 0 radical (unpaired) electrons. The average Bonchev–Trinajstić information content (AvgIpc) is 2.34. The second kappa shape index (κ2) is 6.56. The number of hydrogen-bond donors (Lipinski definition) is 1. The fourth-order valence-corrected chi connectivity index (χ4v) is 2.72. The van der Waals surface area contributed by atoms with Gasteiger partial charge in [0.2, 0.25) is 15.9 Å². The van der Waals surface area contributed by atoms with E-state index < -0.39 is 10.0 Å². The topological polar surface area (TPSA) is 66.5 Å². The Morgan fingerprint density at radius 1 is 1.32 bits per heavy atom. The standard InChI is InChI=1S/C13H20N2O3S/c1-4-13(16)14-9-10-15(19(3,17)18)12-8-6-5-7-11(12)2/h5-8H,4,9-10H2,1-3H3,(H,14,16). The molecule has 0 fully saturated rings. The second-order valence-corrected chi connectivity index (χ2v) is 6.23. The van der Waals surface area contributed by atoms with Gasteiger partial charge in [0.1, 0.15) is 0 Å². The van der Waals surface area contributed by atoms with Crippen LogP contribution < -0.4 is 9.62 Å². The number of carbonyl (C=O) groups excluding carboxylic acids is 1. The van der Waals surface area contributed by atoms with Gasteiger partial charge in [-0.15, -0.1) is 0 Å². The molecule has 0 aliphatic carbocycles. The third kappa shape index (κ3) is 4.55. The zero-order chi connectivity index (χ0) is 14.5. The average molecular weight is 284 g/mol. The molecular weight excluding hydrogens is 264 g/mol. The molecule has 0 saturated carbocycles. The highest BCUT2D eigenvalue weighted by Crippen LogP contribution is 2.21. The first-order valence-electron chi connectivity index (χ1n) is 6.16. The van der Waals surface area contributed by atoms with E-state index in [1.54, 1.807) is 19.1 Å². The van der Waals surface area contributed by atoms with Crippen LogP contribution in [0.25, 0.3) is 0 Å². The molecule has 1 aromatic rings. The van der Waals surface area contributed by atoms with Crippen LogP contribution in [0.4, 0.5) is 5.69 Å². The van der Waals surface area contributed by atoms with Crippen LogP contribution in [0.2, 0.25) is 0 Å². The van der Waals surface area contributed by atoms with Crippen molar-refractivity contribution < 1.29 is 13.2 Å². The van der Waals surface area contributed by atoms with Crippen LogP contribution in [0.15, 0.2) is 24.3 Å². The van der Waals surface area contributed by atoms with Gasteiger partial charge in [0.25, 0.3) is 0 Å². The number of nitrogens with one attached hydrogen (secondary N) is 1. The summed E-state index contributed by atoms with van der Waals surface area (Å²) in [6.07, 6.45) is 1.56. The normalized spacial score (nSPS) is 11.1. The lowest BCUT2D eigenvalue weighted by atomic mass is 10.2. The Labute approximate surface area is 114 Å². The first-order valence-corrected chi connectivity index (χ1v) is 8.01. The zero-order valence-corrected chi connectivity index (χ0v) is 12.3. The molecule has 1 amide bonds. The van der Waals surface area contributed by atoms with E-state index >= 15 is 0 Å². The Bertz CT molecular complexity index is 541. The lowest BCUT2D eigenvalue weighted by Gasteiger charge is -2.24. The molecule has 106 valence electrons. The fraction of sp³-hybridized carbons (Fsp3) is 0.462. The molecule has 0 aliphatic rings. The quantitative estimate of drug-likeness (QED) is 0.856. The van der Waals surface area contributed by atoms with Gasteiger partial charge in [0, 0.05) is 13.0 Å². The van der Waals surface area contributed by atoms with Crippen LogP contribution in [0.1, 0.15) is 18.9 Å². The molecule has 5 nitrogen and oxygen atoms in total. The Morgan fingerprint density at radius 2 is 1.95 bits per heavy atom. The molecule has 19 heavy (non-hydrogen) atoms. The molecule has 1 aromatic carbocycles. The van der Waals surface area contributed by atoms with Crippen LogP contribution >= 0.6 is 0 Å². The first kappa shape index (κ1) is 15.5. The number of para-hydroxylation sites is 1. The molecule has 1 rings (SSSR count). The number of anilines is 1. The van der Waals surface area contributed by atoms with Crippen molar-refractivity contribution in [2.45, 2.75) is 20.3 Å². The molecule has 0 heterocycles. The van der Waals surface area contributed by atoms with Crippen molar-refractivity contribution >= 4 is 21.6 Å². The van der Waals surface area contributed by atoms with Gasteiger partial charge in [0.05, 0.1) is 18.5 Å².